The van der Waals surface area contributed by atoms with E-state index in [-0.39, 0.29) is 0 Å². The molecule has 0 bridgehead atoms. The summed E-state index contributed by atoms with van der Waals surface area (Å²) in [6.45, 7) is 6.80. The van der Waals surface area contributed by atoms with Crippen LogP contribution in [0, 0.1) is 13.8 Å². The van der Waals surface area contributed by atoms with Gasteiger partial charge in [0.2, 0.25) is 5.91 Å². The molecule has 0 radical (unpaired) electrons. The molecule has 0 saturated heterocycles. The van der Waals surface area contributed by atoms with Crippen molar-refractivity contribution in [2.24, 2.45) is 5.73 Å². The molecule has 112 valence electrons. The minimum Gasteiger partial charge on any atom is -0.383 e. The minimum atomic E-state index is -0.850. The third kappa shape index (κ3) is 4.24. The number of hydrogen-bond donors (Lipinski definition) is 2. The molecular weight excluding hydrogens is 280 g/mol. The molecule has 1 aromatic heterocycles. The van der Waals surface area contributed by atoms with Gasteiger partial charge in [-0.25, -0.2) is 9.78 Å². The molecular formula is C12H20N4O3S. The van der Waals surface area contributed by atoms with Crippen molar-refractivity contribution in [1.82, 2.24) is 14.9 Å². The summed E-state index contributed by atoms with van der Waals surface area (Å²) in [6, 6.07) is -0.850. The number of imidazole rings is 1. The topological polar surface area (TPSA) is 99.2 Å². The molecule has 0 fully saturated rings. The lowest BCUT2D eigenvalue weighted by molar-refractivity contribution is -0.119. The van der Waals surface area contributed by atoms with Gasteiger partial charge in [0.15, 0.2) is 5.16 Å². The Labute approximate surface area is 122 Å². The molecule has 8 heteroatoms. The van der Waals surface area contributed by atoms with E-state index < -0.39 is 17.2 Å². The number of nitrogens with two attached hydrogens (primary N) is 1. The number of rotatable bonds is 6. The maximum absolute atomic E-state index is 11.7. The zero-order valence-electron chi connectivity index (χ0n) is 12.1. The van der Waals surface area contributed by atoms with Gasteiger partial charge < -0.3 is 15.0 Å². The first-order chi connectivity index (χ1) is 9.36. The lowest BCUT2D eigenvalue weighted by Gasteiger charge is -2.12. The van der Waals surface area contributed by atoms with E-state index in [1.165, 1.54) is 11.8 Å². The molecule has 3 N–H and O–H groups in total. The Kier molecular flexibility index (Phi) is 6.03. The van der Waals surface area contributed by atoms with Gasteiger partial charge in [-0.15, -0.1) is 0 Å². The number of carbonyl (C=O) groups excluding carboxylic acids is 2. The summed E-state index contributed by atoms with van der Waals surface area (Å²) in [7, 11) is 1.63. The molecule has 0 unspecified atom stereocenters. The molecule has 1 atom stereocenters. The average Bonchev–Trinajstić information content (AvgIpc) is 2.62. The smallest absolute Gasteiger partial charge is 0.318 e. The van der Waals surface area contributed by atoms with E-state index in [9.17, 15) is 9.59 Å². The van der Waals surface area contributed by atoms with E-state index >= 15 is 0 Å². The second kappa shape index (κ2) is 7.30. The van der Waals surface area contributed by atoms with Crippen LogP contribution in [0.1, 0.15) is 18.3 Å². The molecule has 1 heterocycles. The highest BCUT2D eigenvalue weighted by molar-refractivity contribution is 8.00. The van der Waals surface area contributed by atoms with Crippen molar-refractivity contribution in [2.75, 3.05) is 13.7 Å². The largest absolute Gasteiger partial charge is 0.383 e. The number of hydrogen-bond acceptors (Lipinski definition) is 5. The van der Waals surface area contributed by atoms with Crippen LogP contribution in [0.5, 0.6) is 0 Å². The van der Waals surface area contributed by atoms with Crippen molar-refractivity contribution < 1.29 is 14.3 Å². The average molecular weight is 300 g/mol. The summed E-state index contributed by atoms with van der Waals surface area (Å²) in [6.07, 6.45) is 0. The summed E-state index contributed by atoms with van der Waals surface area (Å²) < 4.78 is 7.07. The van der Waals surface area contributed by atoms with Crippen LogP contribution in [0.25, 0.3) is 0 Å². The second-order valence-electron chi connectivity index (χ2n) is 4.32. The number of thioether (sulfide) groups is 1. The Hall–Kier alpha value is -1.54. The normalized spacial score (nSPS) is 12.2. The molecule has 1 rings (SSSR count). The molecule has 0 aliphatic carbocycles. The van der Waals surface area contributed by atoms with Crippen molar-refractivity contribution in [3.8, 4) is 0 Å². The number of aromatic nitrogens is 2. The predicted octanol–water partition coefficient (Wildman–Crippen LogP) is 0.822. The van der Waals surface area contributed by atoms with Gasteiger partial charge in [0, 0.05) is 19.3 Å². The molecule has 7 nitrogen and oxygen atoms in total. The first-order valence-electron chi connectivity index (χ1n) is 6.16. The molecule has 0 aliphatic rings. The summed E-state index contributed by atoms with van der Waals surface area (Å²) in [5.74, 6) is -0.431. The number of methoxy groups -OCH3 is 1. The number of primary amides is 1. The van der Waals surface area contributed by atoms with E-state index in [2.05, 4.69) is 10.3 Å². The van der Waals surface area contributed by atoms with Crippen LogP contribution in [-0.2, 0) is 16.1 Å². The molecule has 0 spiro atoms. The highest BCUT2D eigenvalue weighted by Gasteiger charge is 2.20. The SMILES string of the molecule is COCCn1c(S[C@H](C)C(=O)NC(N)=O)nc(C)c1C. The standard InChI is InChI=1S/C12H20N4O3S/c1-7-8(2)16(5-6-19-4)12(14-7)20-9(3)10(17)15-11(13)18/h9H,5-6H2,1-4H3,(H3,13,15,17,18)/t9-/m1/s1. The number of nitrogens with zero attached hydrogens (tertiary/aromatic N) is 2. The molecule has 0 saturated carbocycles. The monoisotopic (exact) mass is 300 g/mol. The molecule has 1 aromatic rings. The fourth-order valence-corrected chi connectivity index (χ4v) is 2.62. The van der Waals surface area contributed by atoms with E-state index in [4.69, 9.17) is 10.5 Å². The highest BCUT2D eigenvalue weighted by atomic mass is 32.2. The molecule has 0 aliphatic heterocycles. The van der Waals surface area contributed by atoms with Crippen molar-refractivity contribution in [3.05, 3.63) is 11.4 Å². The number of nitrogens with one attached hydrogen (secondary N) is 1. The van der Waals surface area contributed by atoms with Gasteiger partial charge >= 0.3 is 6.03 Å². The Balaban J connectivity index is 2.83. The Morgan fingerprint density at radius 2 is 2.15 bits per heavy atom. The maximum atomic E-state index is 11.7. The highest BCUT2D eigenvalue weighted by Crippen LogP contribution is 2.25. The number of urea groups is 1. The predicted molar refractivity (Wildman–Crippen MR) is 76.6 cm³/mol. The van der Waals surface area contributed by atoms with Crippen LogP contribution >= 0.6 is 11.8 Å². The fourth-order valence-electron chi connectivity index (χ4n) is 1.59. The zero-order valence-corrected chi connectivity index (χ0v) is 12.9. The van der Waals surface area contributed by atoms with Gasteiger partial charge in [0.05, 0.1) is 17.6 Å². The fraction of sp³-hybridized carbons (Fsp3) is 0.583. The number of carbonyl (C=O) groups is 2. The number of imide groups is 1. The van der Waals surface area contributed by atoms with Gasteiger partial charge in [-0.3, -0.25) is 10.1 Å². The zero-order chi connectivity index (χ0) is 15.3. The van der Waals surface area contributed by atoms with Crippen molar-refractivity contribution in [2.45, 2.75) is 37.7 Å². The quantitative estimate of drug-likeness (QED) is 0.758. The molecule has 0 aromatic carbocycles. The Bertz CT molecular complexity index is 501. The van der Waals surface area contributed by atoms with Crippen molar-refractivity contribution in [1.29, 1.82) is 0 Å². The maximum Gasteiger partial charge on any atom is 0.318 e. The Morgan fingerprint density at radius 3 is 2.70 bits per heavy atom. The number of amides is 3. The lowest BCUT2D eigenvalue weighted by Crippen LogP contribution is -2.39. The summed E-state index contributed by atoms with van der Waals surface area (Å²) >= 11 is 1.28. The van der Waals surface area contributed by atoms with Gasteiger partial charge in [-0.05, 0) is 20.8 Å². The first kappa shape index (κ1) is 16.5. The summed E-state index contributed by atoms with van der Waals surface area (Å²) in [5.41, 5.74) is 6.87. The van der Waals surface area contributed by atoms with Gasteiger partial charge in [0.1, 0.15) is 0 Å². The van der Waals surface area contributed by atoms with E-state index in [0.717, 1.165) is 16.5 Å². The van der Waals surface area contributed by atoms with Crippen LogP contribution in [0.3, 0.4) is 0 Å². The van der Waals surface area contributed by atoms with Gasteiger partial charge in [-0.1, -0.05) is 11.8 Å². The third-order valence-corrected chi connectivity index (χ3v) is 3.93. The summed E-state index contributed by atoms with van der Waals surface area (Å²) in [5, 5.41) is 2.32. The summed E-state index contributed by atoms with van der Waals surface area (Å²) in [4.78, 5) is 26.8. The van der Waals surface area contributed by atoms with Crippen LogP contribution < -0.4 is 11.1 Å². The van der Waals surface area contributed by atoms with Crippen LogP contribution in [0.4, 0.5) is 4.79 Å². The minimum absolute atomic E-state index is 0.431. The lowest BCUT2D eigenvalue weighted by atomic mass is 10.4. The van der Waals surface area contributed by atoms with Crippen molar-refractivity contribution in [3.63, 3.8) is 0 Å². The number of aryl methyl sites for hydroxylation is 1. The van der Waals surface area contributed by atoms with Gasteiger partial charge in [0.25, 0.3) is 0 Å². The van der Waals surface area contributed by atoms with E-state index in [1.807, 2.05) is 18.4 Å². The Morgan fingerprint density at radius 1 is 1.50 bits per heavy atom. The van der Waals surface area contributed by atoms with Crippen LogP contribution in [-0.4, -0.2) is 40.5 Å². The number of ether oxygens (including phenoxy) is 1. The van der Waals surface area contributed by atoms with Crippen molar-refractivity contribution >= 4 is 23.7 Å². The van der Waals surface area contributed by atoms with Gasteiger partial charge in [-0.2, -0.15) is 0 Å². The van der Waals surface area contributed by atoms with E-state index in [0.29, 0.717) is 13.2 Å². The first-order valence-corrected chi connectivity index (χ1v) is 7.04. The molecule has 20 heavy (non-hydrogen) atoms. The second-order valence-corrected chi connectivity index (χ2v) is 5.63. The van der Waals surface area contributed by atoms with Crippen LogP contribution in [0.2, 0.25) is 0 Å². The molecule has 3 amide bonds. The van der Waals surface area contributed by atoms with E-state index in [1.54, 1.807) is 14.0 Å². The third-order valence-electron chi connectivity index (χ3n) is 2.84. The van der Waals surface area contributed by atoms with Crippen LogP contribution in [0.15, 0.2) is 5.16 Å².